The van der Waals surface area contributed by atoms with Crippen LogP contribution in [-0.2, 0) is 9.59 Å². The Morgan fingerprint density at radius 2 is 1.72 bits per heavy atom. The molecule has 1 aliphatic heterocycles. The van der Waals surface area contributed by atoms with Gasteiger partial charge < -0.3 is 5.32 Å². The molecule has 1 aliphatic rings. The molecule has 0 spiro atoms. The Morgan fingerprint density at radius 1 is 1.00 bits per heavy atom. The number of anilines is 1. The fraction of sp³-hybridized carbons (Fsp3) is 0.281. The number of hydrogen-bond acceptors (Lipinski definition) is 4. The van der Waals surface area contributed by atoms with E-state index in [0.29, 0.717) is 5.82 Å². The van der Waals surface area contributed by atoms with Crippen LogP contribution in [-0.4, -0.2) is 39.9 Å². The molecule has 0 fully saturated rings. The van der Waals surface area contributed by atoms with E-state index in [2.05, 4.69) is 62.5 Å². The Morgan fingerprint density at radius 3 is 2.41 bits per heavy atom. The van der Waals surface area contributed by atoms with Crippen LogP contribution >= 0.6 is 11.8 Å². The smallest absolute Gasteiger partial charge is 0.240 e. The van der Waals surface area contributed by atoms with E-state index in [1.807, 2.05) is 54.9 Å². The van der Waals surface area contributed by atoms with Crippen molar-refractivity contribution < 1.29 is 9.59 Å². The second-order valence-corrected chi connectivity index (χ2v) is 11.5. The minimum absolute atomic E-state index is 0.0303. The third kappa shape index (κ3) is 5.36. The first kappa shape index (κ1) is 26.8. The molecule has 3 aromatic carbocycles. The van der Waals surface area contributed by atoms with Crippen molar-refractivity contribution in [3.05, 3.63) is 101 Å². The molecule has 1 atom stereocenters. The van der Waals surface area contributed by atoms with E-state index in [1.54, 1.807) is 16.7 Å². The number of fused-ring (bicyclic) bond motifs is 1. The largest absolute Gasteiger partial charge is 0.352 e. The van der Waals surface area contributed by atoms with Crippen LogP contribution in [0.3, 0.4) is 0 Å². The number of carbonyl (C=O) groups is 2. The maximum Gasteiger partial charge on any atom is 0.240 e. The number of carbonyl (C=O) groups excluding carboxylic acids is 2. The Kier molecular flexibility index (Phi) is 7.62. The van der Waals surface area contributed by atoms with Gasteiger partial charge in [-0.1, -0.05) is 72.3 Å². The summed E-state index contributed by atoms with van der Waals surface area (Å²) >= 11 is 1.59. The lowest BCUT2D eigenvalue weighted by atomic mass is 9.96. The maximum atomic E-state index is 13.8. The predicted molar refractivity (Wildman–Crippen MR) is 160 cm³/mol. The second kappa shape index (κ2) is 11.1. The molecule has 5 rings (SSSR count). The molecule has 39 heavy (non-hydrogen) atoms. The number of nitrogens with zero attached hydrogens (tertiary/aromatic N) is 3. The molecule has 4 aromatic rings. The third-order valence-electron chi connectivity index (χ3n) is 6.94. The van der Waals surface area contributed by atoms with Gasteiger partial charge >= 0.3 is 0 Å². The van der Waals surface area contributed by atoms with Crippen LogP contribution in [0, 0.1) is 20.8 Å². The molecule has 2 heterocycles. The summed E-state index contributed by atoms with van der Waals surface area (Å²) in [6, 6.07) is 24.6. The standard InChI is InChI=1S/C32H34N4O2S/c1-20(2)33-27(37)18-35-28(38)19-39-31(25-14-10-9-11-22(25)4)29-30(24-12-7-6-8-13-24)34-36(32(29)35)26-16-15-21(3)17-23(26)5/h6-17,20,31H,18-19H2,1-5H3,(H,33,37). The molecule has 200 valence electrons. The van der Waals surface area contributed by atoms with Gasteiger partial charge in [0.2, 0.25) is 11.8 Å². The average Bonchev–Trinajstić information content (AvgIpc) is 3.21. The van der Waals surface area contributed by atoms with Gasteiger partial charge in [0.15, 0.2) is 0 Å². The molecule has 0 saturated carbocycles. The van der Waals surface area contributed by atoms with E-state index in [9.17, 15) is 9.59 Å². The quantitative estimate of drug-likeness (QED) is 0.319. The van der Waals surface area contributed by atoms with E-state index in [1.165, 1.54) is 0 Å². The van der Waals surface area contributed by atoms with Crippen molar-refractivity contribution in [2.75, 3.05) is 17.2 Å². The highest BCUT2D eigenvalue weighted by Crippen LogP contribution is 2.49. The number of amides is 2. The summed E-state index contributed by atoms with van der Waals surface area (Å²) in [5.41, 5.74) is 8.10. The van der Waals surface area contributed by atoms with Crippen molar-refractivity contribution in [2.45, 2.75) is 45.9 Å². The van der Waals surface area contributed by atoms with Gasteiger partial charge in [0, 0.05) is 17.2 Å². The van der Waals surface area contributed by atoms with E-state index in [0.717, 1.165) is 44.8 Å². The second-order valence-electron chi connectivity index (χ2n) is 10.4. The molecule has 2 amide bonds. The number of benzene rings is 3. The highest BCUT2D eigenvalue weighted by Gasteiger charge is 2.38. The van der Waals surface area contributed by atoms with Gasteiger partial charge in [-0.2, -0.15) is 5.10 Å². The maximum absolute atomic E-state index is 13.8. The molecule has 1 aromatic heterocycles. The number of aryl methyl sites for hydroxylation is 3. The van der Waals surface area contributed by atoms with Crippen molar-refractivity contribution in [1.82, 2.24) is 15.1 Å². The third-order valence-corrected chi connectivity index (χ3v) is 8.18. The molecule has 0 bridgehead atoms. The number of rotatable bonds is 6. The number of aromatic nitrogens is 2. The van der Waals surface area contributed by atoms with Gasteiger partial charge in [0.25, 0.3) is 0 Å². The zero-order valence-electron chi connectivity index (χ0n) is 23.1. The van der Waals surface area contributed by atoms with E-state index in [-0.39, 0.29) is 35.4 Å². The molecule has 0 radical (unpaired) electrons. The van der Waals surface area contributed by atoms with Gasteiger partial charge in [0.1, 0.15) is 12.4 Å². The summed E-state index contributed by atoms with van der Waals surface area (Å²) in [6.07, 6.45) is 0. The zero-order chi connectivity index (χ0) is 27.7. The first-order chi connectivity index (χ1) is 18.7. The van der Waals surface area contributed by atoms with E-state index >= 15 is 0 Å². The molecular weight excluding hydrogens is 504 g/mol. The summed E-state index contributed by atoms with van der Waals surface area (Å²) in [5.74, 6) is 0.604. The van der Waals surface area contributed by atoms with E-state index in [4.69, 9.17) is 5.10 Å². The zero-order valence-corrected chi connectivity index (χ0v) is 23.9. The molecule has 6 nitrogen and oxygen atoms in total. The van der Waals surface area contributed by atoms with E-state index < -0.39 is 0 Å². The number of thioether (sulfide) groups is 1. The Bertz CT molecular complexity index is 1530. The topological polar surface area (TPSA) is 67.2 Å². The molecule has 0 aliphatic carbocycles. The summed E-state index contributed by atoms with van der Waals surface area (Å²) in [5, 5.41) is 8.02. The van der Waals surface area contributed by atoms with Crippen LogP contribution in [0.4, 0.5) is 5.82 Å². The van der Waals surface area contributed by atoms with Gasteiger partial charge in [-0.15, -0.1) is 11.8 Å². The average molecular weight is 539 g/mol. The lowest BCUT2D eigenvalue weighted by molar-refractivity contribution is -0.123. The van der Waals surface area contributed by atoms with Crippen molar-refractivity contribution in [1.29, 1.82) is 0 Å². The normalized spacial score (nSPS) is 15.3. The fourth-order valence-corrected chi connectivity index (χ4v) is 6.47. The predicted octanol–water partition coefficient (Wildman–Crippen LogP) is 6.16. The van der Waals surface area contributed by atoms with Gasteiger partial charge in [-0.25, -0.2) is 4.68 Å². The summed E-state index contributed by atoms with van der Waals surface area (Å²) in [4.78, 5) is 28.5. The van der Waals surface area contributed by atoms with Crippen molar-refractivity contribution in [3.8, 4) is 16.9 Å². The van der Waals surface area contributed by atoms with Crippen LogP contribution < -0.4 is 10.2 Å². The lowest BCUT2D eigenvalue weighted by Crippen LogP contribution is -2.44. The first-order valence-corrected chi connectivity index (χ1v) is 14.3. The molecule has 1 N–H and O–H groups in total. The number of hydrogen-bond donors (Lipinski definition) is 1. The Labute approximate surface area is 234 Å². The van der Waals surface area contributed by atoms with Crippen molar-refractivity contribution >= 4 is 29.4 Å². The summed E-state index contributed by atoms with van der Waals surface area (Å²) in [6.45, 7) is 9.99. The Balaban J connectivity index is 1.84. The van der Waals surface area contributed by atoms with Crippen molar-refractivity contribution in [2.24, 2.45) is 0 Å². The minimum atomic E-state index is -0.196. The van der Waals surface area contributed by atoms with Gasteiger partial charge in [-0.05, 0) is 57.4 Å². The Hall–Kier alpha value is -3.84. The van der Waals surface area contributed by atoms with Gasteiger partial charge in [-0.3, -0.25) is 14.5 Å². The van der Waals surface area contributed by atoms with Crippen LogP contribution in [0.15, 0.2) is 72.8 Å². The van der Waals surface area contributed by atoms with Crippen LogP contribution in [0.2, 0.25) is 0 Å². The summed E-state index contributed by atoms with van der Waals surface area (Å²) < 4.78 is 1.88. The SMILES string of the molecule is Cc1ccc(-n2nc(-c3ccccc3)c3c2N(CC(=O)NC(C)C)C(=O)CSC3c2ccccc2C)c(C)c1. The van der Waals surface area contributed by atoms with Gasteiger partial charge in [0.05, 0.1) is 22.4 Å². The number of nitrogens with one attached hydrogen (secondary N) is 1. The molecule has 1 unspecified atom stereocenters. The van der Waals surface area contributed by atoms with Crippen molar-refractivity contribution in [3.63, 3.8) is 0 Å². The monoisotopic (exact) mass is 538 g/mol. The van der Waals surface area contributed by atoms with Crippen LogP contribution in [0.5, 0.6) is 0 Å². The summed E-state index contributed by atoms with van der Waals surface area (Å²) in [7, 11) is 0. The minimum Gasteiger partial charge on any atom is -0.352 e. The highest BCUT2D eigenvalue weighted by atomic mass is 32.2. The molecule has 7 heteroatoms. The highest BCUT2D eigenvalue weighted by molar-refractivity contribution is 8.00. The fourth-order valence-electron chi connectivity index (χ4n) is 5.18. The first-order valence-electron chi connectivity index (χ1n) is 13.3. The van der Waals surface area contributed by atoms with Crippen LogP contribution in [0.25, 0.3) is 16.9 Å². The molecule has 0 saturated heterocycles. The lowest BCUT2D eigenvalue weighted by Gasteiger charge is -2.24. The van der Waals surface area contributed by atoms with Crippen LogP contribution in [0.1, 0.15) is 46.9 Å². The molecular formula is C32H34N4O2S.